The first kappa shape index (κ1) is 10.6. The van der Waals surface area contributed by atoms with Gasteiger partial charge in [0.1, 0.15) is 0 Å². The third-order valence-electron chi connectivity index (χ3n) is 2.62. The van der Waals surface area contributed by atoms with E-state index >= 15 is 0 Å². The maximum absolute atomic E-state index is 11.8. The Morgan fingerprint density at radius 3 is 3.13 bits per heavy atom. The molecular weight excluding hydrogens is 214 g/mol. The van der Waals surface area contributed by atoms with Crippen LogP contribution in [0.15, 0.2) is 6.20 Å². The summed E-state index contributed by atoms with van der Waals surface area (Å²) in [4.78, 5) is 0. The second-order valence-electron chi connectivity index (χ2n) is 3.76. The zero-order valence-corrected chi connectivity index (χ0v) is 9.55. The van der Waals surface area contributed by atoms with Crippen LogP contribution in [0.25, 0.3) is 0 Å². The highest BCUT2D eigenvalue weighted by Crippen LogP contribution is 2.19. The molecule has 0 saturated carbocycles. The normalized spacial score (nSPS) is 17.7. The van der Waals surface area contributed by atoms with Crippen LogP contribution in [0, 0.1) is 0 Å². The molecule has 2 rings (SSSR count). The summed E-state index contributed by atoms with van der Waals surface area (Å²) in [6, 6.07) is 0. The molecule has 1 aliphatic rings. The molecule has 0 amide bonds. The second kappa shape index (κ2) is 3.94. The Morgan fingerprint density at radius 2 is 2.40 bits per heavy atom. The van der Waals surface area contributed by atoms with Crippen LogP contribution in [0.3, 0.4) is 0 Å². The molecule has 1 aromatic heterocycles. The zero-order chi connectivity index (χ0) is 10.9. The van der Waals surface area contributed by atoms with Crippen molar-refractivity contribution < 1.29 is 8.42 Å². The lowest BCUT2D eigenvalue weighted by Crippen LogP contribution is -2.37. The summed E-state index contributed by atoms with van der Waals surface area (Å²) in [7, 11) is -3.07. The van der Waals surface area contributed by atoms with E-state index in [0.29, 0.717) is 19.5 Å². The summed E-state index contributed by atoms with van der Waals surface area (Å²) in [5, 5.41) is 6.82. The lowest BCUT2D eigenvalue weighted by atomic mass is 10.1. The first-order valence-corrected chi connectivity index (χ1v) is 6.73. The third-order valence-corrected chi connectivity index (χ3v) is 4.64. The maximum Gasteiger partial charge on any atom is 0.214 e. The van der Waals surface area contributed by atoms with E-state index < -0.39 is 10.0 Å². The van der Waals surface area contributed by atoms with Crippen LogP contribution >= 0.6 is 0 Å². The Hall–Kier alpha value is -0.880. The Kier molecular flexibility index (Phi) is 2.79. The van der Waals surface area contributed by atoms with Crippen molar-refractivity contribution in [2.75, 3.05) is 12.3 Å². The molecule has 0 radical (unpaired) electrons. The first-order chi connectivity index (χ1) is 7.13. The number of nitrogens with one attached hydrogen (secondary N) is 1. The highest BCUT2D eigenvalue weighted by Gasteiger charge is 2.26. The summed E-state index contributed by atoms with van der Waals surface area (Å²) in [5.74, 6) is 0.229. The predicted octanol–water partition coefficient (Wildman–Crippen LogP) is 0.508. The fourth-order valence-corrected chi connectivity index (χ4v) is 3.27. The van der Waals surface area contributed by atoms with Gasteiger partial charge in [0, 0.05) is 12.7 Å². The van der Waals surface area contributed by atoms with Gasteiger partial charge in [-0.25, -0.2) is 8.42 Å². The minimum Gasteiger partial charge on any atom is -0.285 e. The van der Waals surface area contributed by atoms with Gasteiger partial charge in [-0.2, -0.15) is 9.40 Å². The Bertz CT molecular complexity index is 438. The SMILES string of the molecule is CCCS(=O)(=O)N1CCc2c[nH]nc2C1. The number of aromatic amines is 1. The largest absolute Gasteiger partial charge is 0.285 e. The van der Waals surface area contributed by atoms with Gasteiger partial charge in [0.05, 0.1) is 18.0 Å². The highest BCUT2D eigenvalue weighted by atomic mass is 32.2. The average molecular weight is 229 g/mol. The molecule has 0 aromatic carbocycles. The number of H-pyrrole nitrogens is 1. The van der Waals surface area contributed by atoms with Gasteiger partial charge in [0.2, 0.25) is 10.0 Å². The molecular formula is C9H15N3O2S. The summed E-state index contributed by atoms with van der Waals surface area (Å²) in [5.41, 5.74) is 2.00. The summed E-state index contributed by atoms with van der Waals surface area (Å²) >= 11 is 0. The molecule has 0 aliphatic carbocycles. The topological polar surface area (TPSA) is 66.1 Å². The monoisotopic (exact) mass is 229 g/mol. The molecule has 5 nitrogen and oxygen atoms in total. The van der Waals surface area contributed by atoms with E-state index in [2.05, 4.69) is 10.2 Å². The van der Waals surface area contributed by atoms with Gasteiger partial charge in [0.25, 0.3) is 0 Å². The number of nitrogens with zero attached hydrogens (tertiary/aromatic N) is 2. The second-order valence-corrected chi connectivity index (χ2v) is 5.85. The molecule has 0 spiro atoms. The first-order valence-electron chi connectivity index (χ1n) is 5.13. The molecule has 0 atom stereocenters. The molecule has 6 heteroatoms. The number of hydrogen-bond donors (Lipinski definition) is 1. The Morgan fingerprint density at radius 1 is 1.60 bits per heavy atom. The van der Waals surface area contributed by atoms with Crippen molar-refractivity contribution in [3.8, 4) is 0 Å². The molecule has 84 valence electrons. The average Bonchev–Trinajstić information content (AvgIpc) is 2.63. The standard InChI is InChI=1S/C9H15N3O2S/c1-2-5-15(13,14)12-4-3-8-6-10-11-9(8)7-12/h6H,2-5,7H2,1H3,(H,10,11). The molecule has 1 aromatic rings. The quantitative estimate of drug-likeness (QED) is 0.821. The number of hydrogen-bond acceptors (Lipinski definition) is 3. The molecule has 1 aliphatic heterocycles. The summed E-state index contributed by atoms with van der Waals surface area (Å²) in [6.07, 6.45) is 3.26. The molecule has 0 fully saturated rings. The Balaban J connectivity index is 2.16. The van der Waals surface area contributed by atoms with Crippen LogP contribution in [0.4, 0.5) is 0 Å². The molecule has 15 heavy (non-hydrogen) atoms. The number of rotatable bonds is 3. The van der Waals surface area contributed by atoms with E-state index in [0.717, 1.165) is 17.7 Å². The number of fused-ring (bicyclic) bond motifs is 1. The van der Waals surface area contributed by atoms with Crippen molar-refractivity contribution in [2.45, 2.75) is 26.3 Å². The van der Waals surface area contributed by atoms with Crippen LogP contribution in [0.2, 0.25) is 0 Å². The number of aromatic nitrogens is 2. The van der Waals surface area contributed by atoms with E-state index in [1.54, 1.807) is 0 Å². The molecule has 0 saturated heterocycles. The predicted molar refractivity (Wildman–Crippen MR) is 56.8 cm³/mol. The van der Waals surface area contributed by atoms with E-state index in [1.807, 2.05) is 13.1 Å². The maximum atomic E-state index is 11.8. The highest BCUT2D eigenvalue weighted by molar-refractivity contribution is 7.89. The zero-order valence-electron chi connectivity index (χ0n) is 8.73. The van der Waals surface area contributed by atoms with Crippen molar-refractivity contribution in [3.05, 3.63) is 17.5 Å². The van der Waals surface area contributed by atoms with Gasteiger partial charge < -0.3 is 0 Å². The van der Waals surface area contributed by atoms with Gasteiger partial charge in [0.15, 0.2) is 0 Å². The van der Waals surface area contributed by atoms with Crippen LogP contribution in [0.5, 0.6) is 0 Å². The summed E-state index contributed by atoms with van der Waals surface area (Å²) in [6.45, 7) is 2.87. The van der Waals surface area contributed by atoms with Crippen LogP contribution in [-0.4, -0.2) is 35.2 Å². The fraction of sp³-hybridized carbons (Fsp3) is 0.667. The van der Waals surface area contributed by atoms with Crippen molar-refractivity contribution in [2.24, 2.45) is 0 Å². The van der Waals surface area contributed by atoms with Crippen LogP contribution < -0.4 is 0 Å². The van der Waals surface area contributed by atoms with Crippen molar-refractivity contribution in [3.63, 3.8) is 0 Å². The summed E-state index contributed by atoms with van der Waals surface area (Å²) < 4.78 is 25.1. The lowest BCUT2D eigenvalue weighted by molar-refractivity contribution is 0.387. The van der Waals surface area contributed by atoms with E-state index in [1.165, 1.54) is 4.31 Å². The van der Waals surface area contributed by atoms with Gasteiger partial charge in [-0.3, -0.25) is 5.10 Å². The van der Waals surface area contributed by atoms with Gasteiger partial charge in [-0.15, -0.1) is 0 Å². The van der Waals surface area contributed by atoms with Crippen molar-refractivity contribution in [1.82, 2.24) is 14.5 Å². The smallest absolute Gasteiger partial charge is 0.214 e. The third kappa shape index (κ3) is 2.05. The molecule has 1 N–H and O–H groups in total. The van der Waals surface area contributed by atoms with E-state index in [4.69, 9.17) is 0 Å². The van der Waals surface area contributed by atoms with Crippen LogP contribution in [0.1, 0.15) is 24.6 Å². The van der Waals surface area contributed by atoms with Gasteiger partial charge in [-0.05, 0) is 18.4 Å². The van der Waals surface area contributed by atoms with Gasteiger partial charge in [-0.1, -0.05) is 6.92 Å². The number of sulfonamides is 1. The Labute approximate surface area is 89.5 Å². The van der Waals surface area contributed by atoms with E-state index in [9.17, 15) is 8.42 Å². The molecule has 2 heterocycles. The van der Waals surface area contributed by atoms with Crippen molar-refractivity contribution >= 4 is 10.0 Å². The van der Waals surface area contributed by atoms with Crippen molar-refractivity contribution in [1.29, 1.82) is 0 Å². The minimum atomic E-state index is -3.07. The molecule has 0 bridgehead atoms. The fourth-order valence-electron chi connectivity index (χ4n) is 1.81. The van der Waals surface area contributed by atoms with E-state index in [-0.39, 0.29) is 5.75 Å². The van der Waals surface area contributed by atoms with Crippen LogP contribution in [-0.2, 0) is 23.0 Å². The molecule has 0 unspecified atom stereocenters. The lowest BCUT2D eigenvalue weighted by Gasteiger charge is -2.25. The minimum absolute atomic E-state index is 0.229. The van der Waals surface area contributed by atoms with Gasteiger partial charge >= 0.3 is 0 Å².